The molecule has 23 heavy (non-hydrogen) atoms. The number of aromatic hydroxyl groups is 1. The molecule has 2 aromatic rings. The smallest absolute Gasteiger partial charge is 0.140 e. The standard InChI is InChI=1S/C8H10AsNO5.C6H4N2/c1-5(11)10-8-6(9(13,14)15)3-2-4-7(8)12;7-5-6-3-1-2-4-8-6/h2-4,12H,1H3,(H,10,11)(H2,13,14,15);1-4H. The molecule has 0 spiro atoms. The number of carbonyl (C=O) groups is 1. The van der Waals surface area contributed by atoms with Gasteiger partial charge < -0.3 is 0 Å². The van der Waals surface area contributed by atoms with Gasteiger partial charge in [0.2, 0.25) is 0 Å². The maximum atomic E-state index is 11.1. The van der Waals surface area contributed by atoms with Crippen LogP contribution in [-0.2, 0) is 8.53 Å². The molecule has 1 aromatic carbocycles. The minimum atomic E-state index is -5.14. The fourth-order valence-electron chi connectivity index (χ4n) is 1.50. The molecule has 0 atom stereocenters. The van der Waals surface area contributed by atoms with E-state index in [9.17, 15) is 13.6 Å². The molecule has 0 aliphatic rings. The average molecular weight is 379 g/mol. The van der Waals surface area contributed by atoms with Crippen molar-refractivity contribution in [1.82, 2.24) is 4.98 Å². The Labute approximate surface area is 135 Å². The van der Waals surface area contributed by atoms with Gasteiger partial charge in [-0.3, -0.25) is 0 Å². The molecule has 0 bridgehead atoms. The van der Waals surface area contributed by atoms with E-state index in [0.717, 1.165) is 0 Å². The summed E-state index contributed by atoms with van der Waals surface area (Å²) in [6.45, 7) is 1.18. The molecular weight excluding hydrogens is 365 g/mol. The fourth-order valence-corrected chi connectivity index (χ4v) is 3.06. The van der Waals surface area contributed by atoms with Crippen LogP contribution in [-0.4, -0.2) is 38.4 Å². The number of aromatic nitrogens is 1. The molecule has 1 amide bonds. The van der Waals surface area contributed by atoms with Crippen molar-refractivity contribution in [2.45, 2.75) is 6.92 Å². The van der Waals surface area contributed by atoms with Crippen molar-refractivity contribution in [3.8, 4) is 11.8 Å². The molecule has 1 aromatic heterocycles. The first-order chi connectivity index (χ1) is 10.8. The van der Waals surface area contributed by atoms with Gasteiger partial charge in [0, 0.05) is 6.20 Å². The number of rotatable bonds is 2. The third-order valence-corrected chi connectivity index (χ3v) is 4.51. The van der Waals surface area contributed by atoms with Crippen LogP contribution in [0.15, 0.2) is 42.6 Å². The maximum absolute atomic E-state index is 11.1. The second-order valence-corrected chi connectivity index (χ2v) is 7.52. The zero-order chi connectivity index (χ0) is 17.5. The van der Waals surface area contributed by atoms with Gasteiger partial charge in [0.15, 0.2) is 0 Å². The Kier molecular flexibility index (Phi) is 6.54. The maximum Gasteiger partial charge on any atom is 0.140 e. The predicted molar refractivity (Wildman–Crippen MR) is 81.9 cm³/mol. The van der Waals surface area contributed by atoms with Crippen molar-refractivity contribution in [2.75, 3.05) is 5.32 Å². The summed E-state index contributed by atoms with van der Waals surface area (Å²) in [5.41, 5.74) is 0.241. The minimum Gasteiger partial charge on any atom is -0.246 e. The Morgan fingerprint density at radius 1 is 1.26 bits per heavy atom. The first-order valence-corrected chi connectivity index (χ1v) is 9.60. The molecule has 0 unspecified atom stereocenters. The Bertz CT molecular complexity index is 768. The van der Waals surface area contributed by atoms with Crippen molar-refractivity contribution in [1.29, 1.82) is 5.26 Å². The summed E-state index contributed by atoms with van der Waals surface area (Å²) in [5, 5.41) is 19.8. The molecule has 0 fully saturated rings. The van der Waals surface area contributed by atoms with Crippen LogP contribution >= 0.6 is 0 Å². The summed E-state index contributed by atoms with van der Waals surface area (Å²) < 4.78 is 28.8. The Balaban J connectivity index is 0.000000277. The molecule has 2 rings (SSSR count). The number of phenols is 1. The summed E-state index contributed by atoms with van der Waals surface area (Å²) in [6, 6.07) is 10.9. The van der Waals surface area contributed by atoms with Gasteiger partial charge in [0.25, 0.3) is 0 Å². The van der Waals surface area contributed by atoms with Gasteiger partial charge in [0.1, 0.15) is 11.8 Å². The minimum absolute atomic E-state index is 0.225. The number of carbonyl (C=O) groups excluding carboxylic acids is 1. The van der Waals surface area contributed by atoms with E-state index in [0.29, 0.717) is 5.69 Å². The van der Waals surface area contributed by atoms with Gasteiger partial charge in [0.05, 0.1) is 0 Å². The van der Waals surface area contributed by atoms with Crippen LogP contribution in [0.1, 0.15) is 12.6 Å². The number of hydrogen-bond donors (Lipinski definition) is 4. The number of anilines is 1. The molecule has 1 heterocycles. The van der Waals surface area contributed by atoms with E-state index >= 15 is 0 Å². The number of nitriles is 1. The molecule has 9 heteroatoms. The third-order valence-electron chi connectivity index (χ3n) is 2.41. The predicted octanol–water partition coefficient (Wildman–Crippen LogP) is -0.135. The second kappa shape index (κ2) is 8.15. The van der Waals surface area contributed by atoms with Crippen molar-refractivity contribution >= 4 is 30.1 Å². The van der Waals surface area contributed by atoms with Crippen LogP contribution in [0.2, 0.25) is 0 Å². The van der Waals surface area contributed by atoms with Crippen molar-refractivity contribution in [3.63, 3.8) is 0 Å². The van der Waals surface area contributed by atoms with Crippen LogP contribution in [0.3, 0.4) is 0 Å². The number of para-hydroxylation sites is 1. The quantitative estimate of drug-likeness (QED) is 0.420. The third kappa shape index (κ3) is 5.96. The van der Waals surface area contributed by atoms with Crippen LogP contribution in [0.5, 0.6) is 5.75 Å². The van der Waals surface area contributed by atoms with Gasteiger partial charge in [-0.1, -0.05) is 6.07 Å². The number of hydrogen-bond acceptors (Lipinski definition) is 5. The molecule has 8 nitrogen and oxygen atoms in total. The molecule has 0 saturated carbocycles. The van der Waals surface area contributed by atoms with Gasteiger partial charge in [-0.2, -0.15) is 5.26 Å². The van der Waals surface area contributed by atoms with Crippen LogP contribution in [0.4, 0.5) is 5.69 Å². The van der Waals surface area contributed by atoms with Crippen LogP contribution in [0.25, 0.3) is 0 Å². The van der Waals surface area contributed by atoms with E-state index in [1.54, 1.807) is 24.4 Å². The Morgan fingerprint density at radius 3 is 2.39 bits per heavy atom. The molecule has 120 valence electrons. The summed E-state index contributed by atoms with van der Waals surface area (Å²) in [7, 11) is 0. The van der Waals surface area contributed by atoms with Gasteiger partial charge >= 0.3 is 88.1 Å². The first-order valence-electron chi connectivity index (χ1n) is 6.22. The summed E-state index contributed by atoms with van der Waals surface area (Å²) in [4.78, 5) is 14.5. The first kappa shape index (κ1) is 18.5. The van der Waals surface area contributed by atoms with Crippen molar-refractivity contribution < 1.29 is 21.8 Å². The van der Waals surface area contributed by atoms with Crippen molar-refractivity contribution in [3.05, 3.63) is 48.3 Å². The molecule has 0 radical (unpaired) electrons. The van der Waals surface area contributed by atoms with Crippen LogP contribution < -0.4 is 9.67 Å². The van der Waals surface area contributed by atoms with E-state index in [2.05, 4.69) is 10.3 Å². The number of nitrogens with one attached hydrogen (secondary N) is 1. The number of phenolic OH excluding ortho intramolecular Hbond substituents is 1. The molecule has 0 aliphatic heterocycles. The number of nitrogens with zero attached hydrogens (tertiary/aromatic N) is 2. The van der Waals surface area contributed by atoms with E-state index in [1.165, 1.54) is 25.1 Å². The molecular formula is C14H14AsN3O5. The number of benzene rings is 1. The van der Waals surface area contributed by atoms with E-state index < -0.39 is 20.1 Å². The monoisotopic (exact) mass is 379 g/mol. The van der Waals surface area contributed by atoms with E-state index in [-0.39, 0.29) is 15.8 Å². The average Bonchev–Trinajstić information content (AvgIpc) is 2.49. The van der Waals surface area contributed by atoms with Gasteiger partial charge in [-0.05, 0) is 12.1 Å². The Morgan fingerprint density at radius 2 is 1.96 bits per heavy atom. The SMILES string of the molecule is CC(=O)Nc1c(O)cccc1[As](=O)(O)O.N#Cc1ccccn1. The largest absolute Gasteiger partial charge is 0.246 e. The zero-order valence-electron chi connectivity index (χ0n) is 12.0. The number of pyridine rings is 1. The summed E-state index contributed by atoms with van der Waals surface area (Å²) >= 11 is -5.14. The van der Waals surface area contributed by atoms with Gasteiger partial charge in [-0.25, -0.2) is 4.98 Å². The Hall–Kier alpha value is -2.59. The zero-order valence-corrected chi connectivity index (χ0v) is 13.9. The van der Waals surface area contributed by atoms with Crippen molar-refractivity contribution in [2.24, 2.45) is 0 Å². The van der Waals surface area contributed by atoms with Gasteiger partial charge in [-0.15, -0.1) is 0 Å². The molecule has 0 aliphatic carbocycles. The van der Waals surface area contributed by atoms with Crippen LogP contribution in [0, 0.1) is 11.3 Å². The number of amides is 1. The molecule has 0 saturated heterocycles. The summed E-state index contributed by atoms with van der Waals surface area (Å²) in [5.74, 6) is -0.880. The van der Waals surface area contributed by atoms with E-state index in [4.69, 9.17) is 13.5 Å². The topological polar surface area (TPSA) is 144 Å². The molecule has 4 N–H and O–H groups in total. The van der Waals surface area contributed by atoms with E-state index in [1.807, 2.05) is 6.07 Å². The second-order valence-electron chi connectivity index (χ2n) is 4.22. The fraction of sp³-hybridized carbons (Fsp3) is 0.0714. The normalized spacial score (nSPS) is 10.0. The summed E-state index contributed by atoms with van der Waals surface area (Å²) in [6.07, 6.45) is 1.60.